The minimum atomic E-state index is 0.214. The van der Waals surface area contributed by atoms with Gasteiger partial charge in [-0.15, -0.1) is 0 Å². The van der Waals surface area contributed by atoms with Crippen LogP contribution in [0.2, 0.25) is 0 Å². The van der Waals surface area contributed by atoms with Crippen molar-refractivity contribution >= 4 is 5.91 Å². The number of quaternary nitrogens is 1. The van der Waals surface area contributed by atoms with Gasteiger partial charge >= 0.3 is 0 Å². The number of aliphatic hydroxyl groups excluding tert-OH is 1. The summed E-state index contributed by atoms with van der Waals surface area (Å²) in [6.07, 6.45) is 9.32. The Hall–Kier alpha value is -0.870. The lowest BCUT2D eigenvalue weighted by Crippen LogP contribution is -2.53. The first-order chi connectivity index (χ1) is 10.5. The van der Waals surface area contributed by atoms with Gasteiger partial charge in [-0.3, -0.25) is 4.79 Å². The van der Waals surface area contributed by atoms with Gasteiger partial charge in [0.2, 0.25) is 5.91 Å². The summed E-state index contributed by atoms with van der Waals surface area (Å²) in [6.45, 7) is 11.1. The summed E-state index contributed by atoms with van der Waals surface area (Å²) >= 11 is 0. The maximum atomic E-state index is 12.1. The number of allylic oxidation sites excluding steroid dienone is 2. The van der Waals surface area contributed by atoms with Crippen LogP contribution in [0, 0.1) is 0 Å². The average molecular weight is 314 g/mol. The SMILES string of the molecule is C/C=C/CCCCCC(=O)N(C)CC[N+](CC)(CC)CCO. The van der Waals surface area contributed by atoms with Gasteiger partial charge < -0.3 is 14.5 Å². The number of unbranched alkanes of at least 4 members (excludes halogenated alkanes) is 3. The van der Waals surface area contributed by atoms with E-state index in [2.05, 4.69) is 26.0 Å². The molecule has 1 N–H and O–H groups in total. The zero-order valence-electron chi connectivity index (χ0n) is 15.2. The summed E-state index contributed by atoms with van der Waals surface area (Å²) in [7, 11) is 1.90. The molecule has 0 fully saturated rings. The standard InChI is InChI=1S/C18H37N2O2/c1-5-8-9-10-11-12-13-18(22)19(4)14-15-20(6-2,7-3)16-17-21/h5,8,21H,6-7,9-17H2,1-4H3/q+1/b8-5+. The number of likely N-dealkylation sites (N-methyl/N-ethyl adjacent to an activating group) is 2. The van der Waals surface area contributed by atoms with Crippen molar-refractivity contribution in [3.63, 3.8) is 0 Å². The lowest BCUT2D eigenvalue weighted by atomic mass is 10.1. The number of hydrogen-bond donors (Lipinski definition) is 1. The zero-order valence-corrected chi connectivity index (χ0v) is 15.2. The zero-order chi connectivity index (χ0) is 16.8. The first-order valence-electron chi connectivity index (χ1n) is 8.86. The van der Waals surface area contributed by atoms with Crippen molar-refractivity contribution < 1.29 is 14.4 Å². The Balaban J connectivity index is 4.03. The van der Waals surface area contributed by atoms with Gasteiger partial charge in [0.1, 0.15) is 6.54 Å². The first-order valence-corrected chi connectivity index (χ1v) is 8.86. The van der Waals surface area contributed by atoms with Crippen LogP contribution >= 0.6 is 0 Å². The van der Waals surface area contributed by atoms with Crippen molar-refractivity contribution in [2.45, 2.75) is 52.9 Å². The predicted octanol–water partition coefficient (Wildman–Crippen LogP) is 2.82. The smallest absolute Gasteiger partial charge is 0.222 e. The highest BCUT2D eigenvalue weighted by Crippen LogP contribution is 2.08. The Morgan fingerprint density at radius 1 is 1.14 bits per heavy atom. The second-order valence-electron chi connectivity index (χ2n) is 6.13. The van der Waals surface area contributed by atoms with Gasteiger partial charge in [0.15, 0.2) is 0 Å². The highest BCUT2D eigenvalue weighted by atomic mass is 16.3. The van der Waals surface area contributed by atoms with Gasteiger partial charge in [0, 0.05) is 13.5 Å². The van der Waals surface area contributed by atoms with Crippen molar-refractivity contribution in [3.8, 4) is 0 Å². The molecule has 0 aromatic carbocycles. The highest BCUT2D eigenvalue weighted by molar-refractivity contribution is 5.75. The van der Waals surface area contributed by atoms with Crippen molar-refractivity contribution in [1.29, 1.82) is 0 Å². The van der Waals surface area contributed by atoms with E-state index in [4.69, 9.17) is 0 Å². The molecule has 0 aromatic rings. The molecule has 0 spiro atoms. The van der Waals surface area contributed by atoms with E-state index in [1.807, 2.05) is 18.9 Å². The number of carbonyl (C=O) groups is 1. The quantitative estimate of drug-likeness (QED) is 0.323. The minimum absolute atomic E-state index is 0.214. The Kier molecular flexibility index (Phi) is 12.2. The summed E-state index contributed by atoms with van der Waals surface area (Å²) in [5.74, 6) is 0.250. The fourth-order valence-electron chi connectivity index (χ4n) is 2.74. The normalized spacial score (nSPS) is 12.0. The molecule has 0 aromatic heterocycles. The van der Waals surface area contributed by atoms with E-state index in [1.165, 1.54) is 6.42 Å². The van der Waals surface area contributed by atoms with Crippen LogP contribution in [0.3, 0.4) is 0 Å². The van der Waals surface area contributed by atoms with Crippen molar-refractivity contribution in [2.75, 3.05) is 46.4 Å². The molecule has 0 unspecified atom stereocenters. The molecule has 0 aliphatic carbocycles. The topological polar surface area (TPSA) is 40.5 Å². The lowest BCUT2D eigenvalue weighted by Gasteiger charge is -2.37. The molecule has 0 aliphatic heterocycles. The van der Waals surface area contributed by atoms with Gasteiger partial charge in [-0.1, -0.05) is 18.6 Å². The third kappa shape index (κ3) is 8.54. The molecule has 0 saturated heterocycles. The van der Waals surface area contributed by atoms with E-state index in [0.717, 1.165) is 56.5 Å². The van der Waals surface area contributed by atoms with Crippen molar-refractivity contribution in [1.82, 2.24) is 4.90 Å². The van der Waals surface area contributed by atoms with E-state index in [1.54, 1.807) is 0 Å². The molecule has 0 bridgehead atoms. The lowest BCUT2D eigenvalue weighted by molar-refractivity contribution is -0.924. The van der Waals surface area contributed by atoms with Gasteiger partial charge in [-0.05, 0) is 40.0 Å². The molecule has 4 heteroatoms. The first kappa shape index (κ1) is 21.1. The maximum Gasteiger partial charge on any atom is 0.222 e. The van der Waals surface area contributed by atoms with Crippen LogP contribution in [-0.4, -0.2) is 66.8 Å². The van der Waals surface area contributed by atoms with E-state index in [-0.39, 0.29) is 12.5 Å². The third-order valence-corrected chi connectivity index (χ3v) is 4.75. The molecule has 4 nitrogen and oxygen atoms in total. The van der Waals surface area contributed by atoms with E-state index < -0.39 is 0 Å². The summed E-state index contributed by atoms with van der Waals surface area (Å²) in [5, 5.41) is 9.24. The summed E-state index contributed by atoms with van der Waals surface area (Å²) in [4.78, 5) is 14.0. The molecule has 1 amide bonds. The number of carbonyl (C=O) groups excluding carboxylic acids is 1. The van der Waals surface area contributed by atoms with Crippen LogP contribution in [0.1, 0.15) is 52.9 Å². The number of rotatable bonds is 13. The fourth-order valence-corrected chi connectivity index (χ4v) is 2.74. The van der Waals surface area contributed by atoms with E-state index in [9.17, 15) is 9.90 Å². The second kappa shape index (κ2) is 12.7. The number of amides is 1. The van der Waals surface area contributed by atoms with Crippen LogP contribution in [0.15, 0.2) is 12.2 Å². The highest BCUT2D eigenvalue weighted by Gasteiger charge is 2.23. The van der Waals surface area contributed by atoms with Crippen molar-refractivity contribution in [3.05, 3.63) is 12.2 Å². The fraction of sp³-hybridized carbons (Fsp3) is 0.833. The van der Waals surface area contributed by atoms with Crippen LogP contribution in [0.25, 0.3) is 0 Å². The van der Waals surface area contributed by atoms with Crippen LogP contribution in [0.5, 0.6) is 0 Å². The minimum Gasteiger partial charge on any atom is -0.391 e. The summed E-state index contributed by atoms with van der Waals surface area (Å²) in [5.41, 5.74) is 0. The molecule has 0 heterocycles. The number of aliphatic hydroxyl groups is 1. The average Bonchev–Trinajstić information content (AvgIpc) is 2.54. The monoisotopic (exact) mass is 313 g/mol. The molecule has 130 valence electrons. The van der Waals surface area contributed by atoms with E-state index in [0.29, 0.717) is 6.42 Å². The maximum absolute atomic E-state index is 12.1. The Morgan fingerprint density at radius 2 is 1.82 bits per heavy atom. The predicted molar refractivity (Wildman–Crippen MR) is 93.7 cm³/mol. The molecule has 0 saturated carbocycles. The van der Waals surface area contributed by atoms with Crippen LogP contribution < -0.4 is 0 Å². The van der Waals surface area contributed by atoms with Gasteiger partial charge in [-0.25, -0.2) is 0 Å². The molecular weight excluding hydrogens is 276 g/mol. The van der Waals surface area contributed by atoms with Crippen molar-refractivity contribution in [2.24, 2.45) is 0 Å². The van der Waals surface area contributed by atoms with Gasteiger partial charge in [-0.2, -0.15) is 0 Å². The Morgan fingerprint density at radius 3 is 2.36 bits per heavy atom. The molecular formula is C18H37N2O2+. The Labute approximate surface area is 137 Å². The summed E-state index contributed by atoms with van der Waals surface area (Å²) in [6, 6.07) is 0. The largest absolute Gasteiger partial charge is 0.391 e. The van der Waals surface area contributed by atoms with E-state index >= 15 is 0 Å². The third-order valence-electron chi connectivity index (χ3n) is 4.75. The second-order valence-corrected chi connectivity index (χ2v) is 6.13. The van der Waals surface area contributed by atoms with Gasteiger partial charge in [0.25, 0.3) is 0 Å². The molecule has 0 radical (unpaired) electrons. The van der Waals surface area contributed by atoms with Crippen LogP contribution in [0.4, 0.5) is 0 Å². The molecule has 0 aliphatic rings. The van der Waals surface area contributed by atoms with Gasteiger partial charge in [0.05, 0.1) is 32.8 Å². The Bertz CT molecular complexity index is 312. The van der Waals surface area contributed by atoms with Crippen LogP contribution in [-0.2, 0) is 4.79 Å². The number of nitrogens with zero attached hydrogens (tertiary/aromatic N) is 2. The molecule has 0 rings (SSSR count). The molecule has 0 atom stereocenters. The molecule has 22 heavy (non-hydrogen) atoms. The number of hydrogen-bond acceptors (Lipinski definition) is 2. The summed E-state index contributed by atoms with van der Waals surface area (Å²) < 4.78 is 0.886.